The monoisotopic (exact) mass is 482 g/mol. The van der Waals surface area contributed by atoms with E-state index in [1.54, 1.807) is 18.2 Å². The van der Waals surface area contributed by atoms with Gasteiger partial charge in [0.15, 0.2) is 0 Å². The van der Waals surface area contributed by atoms with Crippen molar-refractivity contribution in [3.8, 4) is 6.07 Å². The Balaban J connectivity index is 1.77. The molecule has 0 aliphatic heterocycles. The highest BCUT2D eigenvalue weighted by atomic mass is 35.5. The summed E-state index contributed by atoms with van der Waals surface area (Å²) in [6.45, 7) is 2.58. The Hall–Kier alpha value is -2.43. The van der Waals surface area contributed by atoms with Gasteiger partial charge in [0.2, 0.25) is 0 Å². The molecule has 34 heavy (non-hydrogen) atoms. The Bertz CT molecular complexity index is 1010. The fraction of sp³-hybridized carbons (Fsp3) is 0.481. The van der Waals surface area contributed by atoms with Gasteiger partial charge in [0, 0.05) is 31.7 Å². The quantitative estimate of drug-likeness (QED) is 0.438. The lowest BCUT2D eigenvalue weighted by atomic mass is 9.73. The number of nitrogens with zero attached hydrogens (tertiary/aromatic N) is 2. The van der Waals surface area contributed by atoms with Gasteiger partial charge in [-0.15, -0.1) is 0 Å². The van der Waals surface area contributed by atoms with Crippen molar-refractivity contribution in [1.29, 1.82) is 5.26 Å². The van der Waals surface area contributed by atoms with Crippen molar-refractivity contribution in [1.82, 2.24) is 10.2 Å². The van der Waals surface area contributed by atoms with Gasteiger partial charge < -0.3 is 20.6 Å². The first-order valence-electron chi connectivity index (χ1n) is 12.0. The van der Waals surface area contributed by atoms with E-state index in [-0.39, 0.29) is 17.4 Å². The zero-order chi connectivity index (χ0) is 24.6. The van der Waals surface area contributed by atoms with Gasteiger partial charge in [-0.2, -0.15) is 5.26 Å². The molecule has 1 fully saturated rings. The summed E-state index contributed by atoms with van der Waals surface area (Å²) in [7, 11) is 4.09. The SMILES string of the molecule is CN(C)CCNCc1cccc(CC(O)(C(=O)Nc2ccc(C#N)c(Cl)c2)C2CCCCC2)c1. The van der Waals surface area contributed by atoms with Crippen molar-refractivity contribution >= 4 is 23.2 Å². The van der Waals surface area contributed by atoms with Crippen molar-refractivity contribution in [2.75, 3.05) is 32.5 Å². The first-order chi connectivity index (χ1) is 16.3. The number of hydrogen-bond acceptors (Lipinski definition) is 5. The molecule has 3 N–H and O–H groups in total. The number of nitriles is 1. The molecule has 1 saturated carbocycles. The van der Waals surface area contributed by atoms with Gasteiger partial charge in [-0.1, -0.05) is 55.1 Å². The molecule has 1 aliphatic rings. The van der Waals surface area contributed by atoms with E-state index in [9.17, 15) is 9.90 Å². The molecule has 0 aromatic heterocycles. The van der Waals surface area contributed by atoms with Crippen molar-refractivity contribution in [3.05, 3.63) is 64.2 Å². The highest BCUT2D eigenvalue weighted by Crippen LogP contribution is 2.36. The predicted octanol–water partition coefficient (Wildman–Crippen LogP) is 4.36. The molecule has 0 saturated heterocycles. The molecule has 0 spiro atoms. The normalized spacial score (nSPS) is 16.1. The largest absolute Gasteiger partial charge is 0.379 e. The molecule has 1 amide bonds. The average molecular weight is 483 g/mol. The zero-order valence-electron chi connectivity index (χ0n) is 20.1. The topological polar surface area (TPSA) is 88.4 Å². The van der Waals surface area contributed by atoms with Crippen LogP contribution in [-0.2, 0) is 17.8 Å². The minimum atomic E-state index is -1.53. The molecule has 2 aromatic carbocycles. The number of carbonyl (C=O) groups excluding carboxylic acids is 1. The average Bonchev–Trinajstić information content (AvgIpc) is 2.82. The fourth-order valence-corrected chi connectivity index (χ4v) is 4.83. The van der Waals surface area contributed by atoms with Crippen LogP contribution >= 0.6 is 11.6 Å². The smallest absolute Gasteiger partial charge is 0.256 e. The zero-order valence-corrected chi connectivity index (χ0v) is 20.9. The summed E-state index contributed by atoms with van der Waals surface area (Å²) in [5, 5.41) is 27.5. The van der Waals surface area contributed by atoms with Crippen LogP contribution < -0.4 is 10.6 Å². The van der Waals surface area contributed by atoms with Crippen molar-refractivity contribution in [3.63, 3.8) is 0 Å². The molecule has 2 aromatic rings. The number of anilines is 1. The summed E-state index contributed by atoms with van der Waals surface area (Å²) < 4.78 is 0. The first kappa shape index (κ1) is 26.2. The number of hydrogen-bond donors (Lipinski definition) is 3. The standard InChI is InChI=1S/C27H35ClN4O2/c1-32(2)14-13-30-19-21-8-6-7-20(15-21)17-27(34,23-9-4-3-5-10-23)26(33)31-24-12-11-22(18-29)25(28)16-24/h6-8,11-12,15-16,23,30,34H,3-5,9-10,13-14,17,19H2,1-2H3,(H,31,33). The van der Waals surface area contributed by atoms with Crippen LogP contribution in [0.5, 0.6) is 0 Å². The van der Waals surface area contributed by atoms with Crippen LogP contribution in [-0.4, -0.2) is 48.7 Å². The van der Waals surface area contributed by atoms with Gasteiger partial charge in [0.1, 0.15) is 11.7 Å². The number of rotatable bonds is 10. The van der Waals surface area contributed by atoms with E-state index >= 15 is 0 Å². The third-order valence-electron chi connectivity index (χ3n) is 6.55. The number of benzene rings is 2. The Kier molecular flexibility index (Phi) is 9.49. The molecule has 0 heterocycles. The lowest BCUT2D eigenvalue weighted by Gasteiger charge is -2.37. The maximum atomic E-state index is 13.5. The van der Waals surface area contributed by atoms with E-state index in [1.165, 1.54) is 0 Å². The third-order valence-corrected chi connectivity index (χ3v) is 6.86. The minimum absolute atomic E-state index is 0.114. The van der Waals surface area contributed by atoms with E-state index < -0.39 is 11.5 Å². The summed E-state index contributed by atoms with van der Waals surface area (Å²) >= 11 is 6.15. The third kappa shape index (κ3) is 7.04. The molecule has 1 unspecified atom stereocenters. The lowest BCUT2D eigenvalue weighted by molar-refractivity contribution is -0.141. The minimum Gasteiger partial charge on any atom is -0.379 e. The van der Waals surface area contributed by atoms with E-state index in [4.69, 9.17) is 16.9 Å². The number of halogens is 1. The first-order valence-corrected chi connectivity index (χ1v) is 12.4. The summed E-state index contributed by atoms with van der Waals surface area (Å²) in [4.78, 5) is 15.6. The lowest BCUT2D eigenvalue weighted by Crippen LogP contribution is -2.51. The Morgan fingerprint density at radius 2 is 1.91 bits per heavy atom. The molecule has 6 nitrogen and oxygen atoms in total. The van der Waals surface area contributed by atoms with Gasteiger partial charge in [-0.3, -0.25) is 4.79 Å². The number of nitrogens with one attached hydrogen (secondary N) is 2. The van der Waals surface area contributed by atoms with Gasteiger partial charge in [-0.05, 0) is 62.2 Å². The molecule has 7 heteroatoms. The van der Waals surface area contributed by atoms with E-state index in [0.717, 1.165) is 62.9 Å². The fourth-order valence-electron chi connectivity index (χ4n) is 4.61. The molecule has 0 radical (unpaired) electrons. The van der Waals surface area contributed by atoms with Gasteiger partial charge >= 0.3 is 0 Å². The molecule has 1 aliphatic carbocycles. The predicted molar refractivity (Wildman–Crippen MR) is 137 cm³/mol. The van der Waals surface area contributed by atoms with Crippen LogP contribution in [0.1, 0.15) is 48.8 Å². The van der Waals surface area contributed by atoms with Crippen molar-refractivity contribution < 1.29 is 9.90 Å². The number of likely N-dealkylation sites (N-methyl/N-ethyl adjacent to an activating group) is 1. The van der Waals surface area contributed by atoms with Crippen LogP contribution in [0.25, 0.3) is 0 Å². The molecule has 1 atom stereocenters. The molecule has 3 rings (SSSR count). The second kappa shape index (κ2) is 12.3. The Morgan fingerprint density at radius 3 is 2.59 bits per heavy atom. The van der Waals surface area contributed by atoms with Gasteiger partial charge in [0.25, 0.3) is 5.91 Å². The van der Waals surface area contributed by atoms with E-state index in [0.29, 0.717) is 11.3 Å². The highest BCUT2D eigenvalue weighted by Gasteiger charge is 2.44. The summed E-state index contributed by atoms with van der Waals surface area (Å²) in [5.74, 6) is -0.535. The maximum absolute atomic E-state index is 13.5. The van der Waals surface area contributed by atoms with Crippen LogP contribution in [0.15, 0.2) is 42.5 Å². The van der Waals surface area contributed by atoms with E-state index in [1.807, 2.05) is 32.3 Å². The van der Waals surface area contributed by atoms with Crippen LogP contribution in [0.2, 0.25) is 5.02 Å². The van der Waals surface area contributed by atoms with Crippen LogP contribution in [0, 0.1) is 17.2 Å². The molecular weight excluding hydrogens is 448 g/mol. The molecule has 182 valence electrons. The molecular formula is C27H35ClN4O2. The van der Waals surface area contributed by atoms with Gasteiger partial charge in [-0.25, -0.2) is 0 Å². The second-order valence-corrected chi connectivity index (χ2v) is 9.90. The highest BCUT2D eigenvalue weighted by molar-refractivity contribution is 6.32. The summed E-state index contributed by atoms with van der Waals surface area (Å²) in [6.07, 6.45) is 5.05. The van der Waals surface area contributed by atoms with Gasteiger partial charge in [0.05, 0.1) is 10.6 Å². The van der Waals surface area contributed by atoms with Crippen molar-refractivity contribution in [2.45, 2.75) is 50.7 Å². The second-order valence-electron chi connectivity index (χ2n) is 9.50. The maximum Gasteiger partial charge on any atom is 0.256 e. The number of carbonyl (C=O) groups is 1. The summed E-state index contributed by atoms with van der Waals surface area (Å²) in [5.41, 5.74) is 1.35. The Morgan fingerprint density at radius 1 is 1.18 bits per heavy atom. The van der Waals surface area contributed by atoms with E-state index in [2.05, 4.69) is 27.7 Å². The molecule has 0 bridgehead atoms. The number of aliphatic hydroxyl groups is 1. The van der Waals surface area contributed by atoms with Crippen LogP contribution in [0.3, 0.4) is 0 Å². The summed E-state index contributed by atoms with van der Waals surface area (Å²) in [6, 6.07) is 14.9. The van der Waals surface area contributed by atoms with Crippen molar-refractivity contribution in [2.24, 2.45) is 5.92 Å². The Labute approximate surface area is 207 Å². The number of amides is 1. The van der Waals surface area contributed by atoms with Crippen LogP contribution in [0.4, 0.5) is 5.69 Å².